The molecule has 0 saturated carbocycles. The lowest BCUT2D eigenvalue weighted by molar-refractivity contribution is 0.0924. The monoisotopic (exact) mass is 338 g/mol. The fourth-order valence-corrected chi connectivity index (χ4v) is 4.21. The second-order valence-electron chi connectivity index (χ2n) is 7.56. The average Bonchev–Trinajstić information content (AvgIpc) is 3.09. The Labute approximate surface area is 148 Å². The first-order valence-corrected chi connectivity index (χ1v) is 9.24. The minimum Gasteiger partial charge on any atom is -0.349 e. The standard InChI is InChI=1S/C20H26N4O/c1-13-9-14(2)24(23-13)12-15-3-5-16(6-4-15)20(25)22-19-10-17-7-8-18(11-19)21-17/h3-6,9,17-19,21H,7-8,10-12H2,1-2H3,(H,22,25). The molecule has 2 unspecified atom stereocenters. The Morgan fingerprint density at radius 3 is 2.48 bits per heavy atom. The normalized spacial score (nSPS) is 25.1. The molecule has 5 nitrogen and oxygen atoms in total. The third-order valence-electron chi connectivity index (χ3n) is 5.46. The van der Waals surface area contributed by atoms with Gasteiger partial charge in [-0.05, 0) is 63.3 Å². The van der Waals surface area contributed by atoms with Gasteiger partial charge in [-0.25, -0.2) is 0 Å². The van der Waals surface area contributed by atoms with Crippen molar-refractivity contribution in [1.29, 1.82) is 0 Å². The fourth-order valence-electron chi connectivity index (χ4n) is 4.21. The van der Waals surface area contributed by atoms with Gasteiger partial charge in [0.15, 0.2) is 0 Å². The van der Waals surface area contributed by atoms with Crippen LogP contribution >= 0.6 is 0 Å². The Balaban J connectivity index is 1.38. The number of amides is 1. The van der Waals surface area contributed by atoms with Gasteiger partial charge in [0, 0.05) is 29.4 Å². The summed E-state index contributed by atoms with van der Waals surface area (Å²) in [7, 11) is 0. The minimum atomic E-state index is 0.0453. The molecule has 5 heteroatoms. The van der Waals surface area contributed by atoms with Crippen LogP contribution in [0.5, 0.6) is 0 Å². The van der Waals surface area contributed by atoms with Gasteiger partial charge in [-0.2, -0.15) is 5.10 Å². The van der Waals surface area contributed by atoms with Gasteiger partial charge in [-0.15, -0.1) is 0 Å². The summed E-state index contributed by atoms with van der Waals surface area (Å²) in [5.41, 5.74) is 4.08. The van der Waals surface area contributed by atoms with Crippen LogP contribution in [0, 0.1) is 13.8 Å². The van der Waals surface area contributed by atoms with E-state index in [0.717, 1.165) is 41.9 Å². The number of fused-ring (bicyclic) bond motifs is 2. The van der Waals surface area contributed by atoms with Crippen molar-refractivity contribution >= 4 is 5.91 Å². The van der Waals surface area contributed by atoms with E-state index in [2.05, 4.69) is 28.7 Å². The summed E-state index contributed by atoms with van der Waals surface area (Å²) in [6.07, 6.45) is 4.60. The lowest BCUT2D eigenvalue weighted by Gasteiger charge is -2.29. The van der Waals surface area contributed by atoms with Crippen LogP contribution in [0.25, 0.3) is 0 Å². The van der Waals surface area contributed by atoms with Gasteiger partial charge in [-0.1, -0.05) is 12.1 Å². The summed E-state index contributed by atoms with van der Waals surface area (Å²) < 4.78 is 2.00. The van der Waals surface area contributed by atoms with Gasteiger partial charge in [0.2, 0.25) is 0 Å². The summed E-state index contributed by atoms with van der Waals surface area (Å²) in [6.45, 7) is 4.80. The van der Waals surface area contributed by atoms with E-state index >= 15 is 0 Å². The minimum absolute atomic E-state index is 0.0453. The highest BCUT2D eigenvalue weighted by Crippen LogP contribution is 2.26. The van der Waals surface area contributed by atoms with Crippen molar-refractivity contribution in [2.24, 2.45) is 0 Å². The highest BCUT2D eigenvalue weighted by molar-refractivity contribution is 5.94. The molecule has 1 aromatic heterocycles. The maximum atomic E-state index is 12.5. The number of benzene rings is 1. The van der Waals surface area contributed by atoms with E-state index in [1.807, 2.05) is 35.9 Å². The van der Waals surface area contributed by atoms with Gasteiger partial charge >= 0.3 is 0 Å². The van der Waals surface area contributed by atoms with Crippen LogP contribution in [-0.4, -0.2) is 33.8 Å². The lowest BCUT2D eigenvalue weighted by Crippen LogP contribution is -2.48. The fraction of sp³-hybridized carbons (Fsp3) is 0.500. The zero-order chi connectivity index (χ0) is 17.4. The quantitative estimate of drug-likeness (QED) is 0.901. The third-order valence-corrected chi connectivity index (χ3v) is 5.46. The first kappa shape index (κ1) is 16.3. The summed E-state index contributed by atoms with van der Waals surface area (Å²) in [5.74, 6) is 0.0453. The van der Waals surface area contributed by atoms with Crippen LogP contribution in [0.15, 0.2) is 30.3 Å². The molecule has 2 aliphatic rings. The topological polar surface area (TPSA) is 59.0 Å². The van der Waals surface area contributed by atoms with Crippen molar-refractivity contribution in [3.8, 4) is 0 Å². The first-order chi connectivity index (χ1) is 12.1. The molecule has 1 aromatic carbocycles. The molecule has 2 saturated heterocycles. The predicted molar refractivity (Wildman–Crippen MR) is 97.7 cm³/mol. The van der Waals surface area contributed by atoms with E-state index in [4.69, 9.17) is 0 Å². The molecule has 0 radical (unpaired) electrons. The van der Waals surface area contributed by atoms with Gasteiger partial charge in [0.05, 0.1) is 12.2 Å². The van der Waals surface area contributed by atoms with E-state index in [0.29, 0.717) is 18.1 Å². The number of carbonyl (C=O) groups excluding carboxylic acids is 1. The predicted octanol–water partition coefficient (Wildman–Crippen LogP) is 2.56. The second-order valence-corrected chi connectivity index (χ2v) is 7.56. The van der Waals surface area contributed by atoms with Crippen molar-refractivity contribution in [3.63, 3.8) is 0 Å². The zero-order valence-electron chi connectivity index (χ0n) is 15.0. The van der Waals surface area contributed by atoms with Crippen LogP contribution in [0.1, 0.15) is 53.0 Å². The molecule has 2 fully saturated rings. The van der Waals surface area contributed by atoms with E-state index in [9.17, 15) is 4.79 Å². The molecular weight excluding hydrogens is 312 g/mol. The van der Waals surface area contributed by atoms with Crippen molar-refractivity contribution in [2.45, 2.75) is 64.2 Å². The molecule has 2 bridgehead atoms. The molecule has 2 atom stereocenters. The Morgan fingerprint density at radius 2 is 1.88 bits per heavy atom. The molecule has 4 rings (SSSR count). The molecular formula is C20H26N4O. The number of aromatic nitrogens is 2. The molecule has 1 amide bonds. The first-order valence-electron chi connectivity index (χ1n) is 9.24. The summed E-state index contributed by atoms with van der Waals surface area (Å²) in [5, 5.41) is 11.3. The van der Waals surface area contributed by atoms with Crippen molar-refractivity contribution in [3.05, 3.63) is 52.8 Å². The maximum Gasteiger partial charge on any atom is 0.251 e. The Bertz CT molecular complexity index is 753. The number of nitrogens with zero attached hydrogens (tertiary/aromatic N) is 2. The largest absolute Gasteiger partial charge is 0.349 e. The lowest BCUT2D eigenvalue weighted by atomic mass is 9.99. The highest BCUT2D eigenvalue weighted by atomic mass is 16.1. The molecule has 2 N–H and O–H groups in total. The second kappa shape index (κ2) is 6.64. The highest BCUT2D eigenvalue weighted by Gasteiger charge is 2.34. The van der Waals surface area contributed by atoms with E-state index in [-0.39, 0.29) is 5.91 Å². The number of aryl methyl sites for hydroxylation is 2. The smallest absolute Gasteiger partial charge is 0.251 e. The summed E-state index contributed by atoms with van der Waals surface area (Å²) in [4.78, 5) is 12.5. The van der Waals surface area contributed by atoms with E-state index in [1.54, 1.807) is 0 Å². The van der Waals surface area contributed by atoms with Crippen molar-refractivity contribution in [1.82, 2.24) is 20.4 Å². The van der Waals surface area contributed by atoms with Gasteiger partial charge in [0.1, 0.15) is 0 Å². The van der Waals surface area contributed by atoms with E-state index < -0.39 is 0 Å². The molecule has 25 heavy (non-hydrogen) atoms. The number of hydrogen-bond donors (Lipinski definition) is 2. The number of rotatable bonds is 4. The number of piperidine rings is 1. The van der Waals surface area contributed by atoms with Crippen molar-refractivity contribution in [2.75, 3.05) is 0 Å². The van der Waals surface area contributed by atoms with Gasteiger partial charge < -0.3 is 10.6 Å². The summed E-state index contributed by atoms with van der Waals surface area (Å²) >= 11 is 0. The van der Waals surface area contributed by atoms with Crippen LogP contribution in [0.3, 0.4) is 0 Å². The zero-order valence-corrected chi connectivity index (χ0v) is 15.0. The molecule has 2 aliphatic heterocycles. The SMILES string of the molecule is Cc1cc(C)n(Cc2ccc(C(=O)NC3CC4CCC(C3)N4)cc2)n1. The number of nitrogens with one attached hydrogen (secondary N) is 2. The van der Waals surface area contributed by atoms with Crippen molar-refractivity contribution < 1.29 is 4.79 Å². The molecule has 2 aromatic rings. The Morgan fingerprint density at radius 1 is 1.20 bits per heavy atom. The molecule has 0 aliphatic carbocycles. The molecule has 3 heterocycles. The summed E-state index contributed by atoms with van der Waals surface area (Å²) in [6, 6.07) is 11.5. The van der Waals surface area contributed by atoms with Crippen LogP contribution in [-0.2, 0) is 6.54 Å². The van der Waals surface area contributed by atoms with Crippen LogP contribution in [0.4, 0.5) is 0 Å². The molecule has 0 spiro atoms. The van der Waals surface area contributed by atoms with Crippen LogP contribution in [0.2, 0.25) is 0 Å². The van der Waals surface area contributed by atoms with Crippen LogP contribution < -0.4 is 10.6 Å². The third kappa shape index (κ3) is 3.61. The molecule has 132 valence electrons. The Kier molecular flexibility index (Phi) is 4.34. The maximum absolute atomic E-state index is 12.5. The Hall–Kier alpha value is -2.14. The number of hydrogen-bond acceptors (Lipinski definition) is 3. The van der Waals surface area contributed by atoms with E-state index in [1.165, 1.54) is 12.8 Å². The number of carbonyl (C=O) groups is 1. The van der Waals surface area contributed by atoms with Gasteiger partial charge in [-0.3, -0.25) is 9.48 Å². The average molecular weight is 338 g/mol. The van der Waals surface area contributed by atoms with Gasteiger partial charge in [0.25, 0.3) is 5.91 Å².